The lowest BCUT2D eigenvalue weighted by atomic mass is 10.2. The van der Waals surface area contributed by atoms with Crippen molar-refractivity contribution in [1.82, 2.24) is 0 Å². The Bertz CT molecular complexity index is 528. The summed E-state index contributed by atoms with van der Waals surface area (Å²) in [5, 5.41) is 3.42. The van der Waals surface area contributed by atoms with E-state index in [1.807, 2.05) is 12.1 Å². The van der Waals surface area contributed by atoms with E-state index in [9.17, 15) is 0 Å². The molecule has 2 nitrogen and oxygen atoms in total. The molecule has 1 N–H and O–H groups in total. The predicted molar refractivity (Wildman–Crippen MR) is 88.7 cm³/mol. The first kappa shape index (κ1) is 14.2. The lowest BCUT2D eigenvalue weighted by Crippen LogP contribution is -2.00. The number of rotatable bonds is 6. The van der Waals surface area contributed by atoms with Gasteiger partial charge in [-0.1, -0.05) is 25.1 Å². The Hall–Kier alpha value is -1.23. The Morgan fingerprint density at radius 2 is 1.95 bits per heavy atom. The number of anilines is 1. The molecule has 0 aromatic heterocycles. The first-order valence-electron chi connectivity index (χ1n) is 6.49. The quantitative estimate of drug-likeness (QED) is 0.748. The average Bonchev–Trinajstić information content (AvgIpc) is 2.43. The fraction of sp³-hybridized carbons (Fsp3) is 0.250. The lowest BCUT2D eigenvalue weighted by Gasteiger charge is -2.09. The Morgan fingerprint density at radius 3 is 2.74 bits per heavy atom. The first-order valence-corrected chi connectivity index (χ1v) is 7.57. The Morgan fingerprint density at radius 1 is 1.11 bits per heavy atom. The third-order valence-corrected chi connectivity index (χ3v) is 3.36. The standard InChI is InChI=1S/C16H18INO/c1-2-9-19-16-8-3-5-13(10-16)12-18-15-7-4-6-14(17)11-15/h3-8,10-11,18H,2,9,12H2,1H3. The minimum atomic E-state index is 0.772. The maximum Gasteiger partial charge on any atom is 0.119 e. The van der Waals surface area contributed by atoms with Crippen LogP contribution in [-0.4, -0.2) is 6.61 Å². The van der Waals surface area contributed by atoms with Gasteiger partial charge in [-0.15, -0.1) is 0 Å². The number of hydrogen-bond acceptors (Lipinski definition) is 2. The summed E-state index contributed by atoms with van der Waals surface area (Å²) in [7, 11) is 0. The highest BCUT2D eigenvalue weighted by Crippen LogP contribution is 2.16. The van der Waals surface area contributed by atoms with Gasteiger partial charge in [0, 0.05) is 15.8 Å². The Kier molecular flexibility index (Phi) is 5.51. The Balaban J connectivity index is 1.95. The van der Waals surface area contributed by atoms with Crippen molar-refractivity contribution in [2.45, 2.75) is 19.9 Å². The summed E-state index contributed by atoms with van der Waals surface area (Å²) >= 11 is 2.32. The van der Waals surface area contributed by atoms with E-state index in [-0.39, 0.29) is 0 Å². The summed E-state index contributed by atoms with van der Waals surface area (Å²) in [6.45, 7) is 3.69. The van der Waals surface area contributed by atoms with Gasteiger partial charge in [-0.05, 0) is 64.9 Å². The van der Waals surface area contributed by atoms with Crippen LogP contribution in [0, 0.1) is 3.57 Å². The van der Waals surface area contributed by atoms with E-state index in [0.717, 1.165) is 31.0 Å². The molecule has 0 atom stereocenters. The molecule has 0 unspecified atom stereocenters. The molecule has 0 amide bonds. The third kappa shape index (κ3) is 4.74. The van der Waals surface area contributed by atoms with Crippen LogP contribution in [0.25, 0.3) is 0 Å². The van der Waals surface area contributed by atoms with Crippen LogP contribution in [0.2, 0.25) is 0 Å². The topological polar surface area (TPSA) is 21.3 Å². The van der Waals surface area contributed by atoms with Crippen LogP contribution in [0.4, 0.5) is 5.69 Å². The molecule has 0 bridgehead atoms. The highest BCUT2D eigenvalue weighted by Gasteiger charge is 1.98. The number of hydrogen-bond donors (Lipinski definition) is 1. The summed E-state index contributed by atoms with van der Waals surface area (Å²) in [4.78, 5) is 0. The van der Waals surface area contributed by atoms with Gasteiger partial charge in [0.15, 0.2) is 0 Å². The summed E-state index contributed by atoms with van der Waals surface area (Å²) in [5.41, 5.74) is 2.37. The fourth-order valence-electron chi connectivity index (χ4n) is 1.77. The van der Waals surface area contributed by atoms with Crippen LogP contribution in [0.3, 0.4) is 0 Å². The second-order valence-electron chi connectivity index (χ2n) is 4.36. The van der Waals surface area contributed by atoms with E-state index >= 15 is 0 Å². The van der Waals surface area contributed by atoms with Crippen molar-refractivity contribution in [1.29, 1.82) is 0 Å². The van der Waals surface area contributed by atoms with Crippen molar-refractivity contribution in [3.05, 3.63) is 57.7 Å². The molecule has 100 valence electrons. The van der Waals surface area contributed by atoms with Gasteiger partial charge < -0.3 is 10.1 Å². The van der Waals surface area contributed by atoms with Crippen LogP contribution in [0.15, 0.2) is 48.5 Å². The molecular formula is C16H18INO. The van der Waals surface area contributed by atoms with Crippen LogP contribution in [0.1, 0.15) is 18.9 Å². The maximum atomic E-state index is 5.64. The van der Waals surface area contributed by atoms with Gasteiger partial charge in [0.2, 0.25) is 0 Å². The minimum absolute atomic E-state index is 0.772. The monoisotopic (exact) mass is 367 g/mol. The number of halogens is 1. The molecule has 0 saturated carbocycles. The van der Waals surface area contributed by atoms with Crippen LogP contribution >= 0.6 is 22.6 Å². The molecule has 0 heterocycles. The average molecular weight is 367 g/mol. The first-order chi connectivity index (χ1) is 9.28. The van der Waals surface area contributed by atoms with Crippen molar-refractivity contribution < 1.29 is 4.74 Å². The van der Waals surface area contributed by atoms with E-state index in [1.165, 1.54) is 9.13 Å². The summed E-state index contributed by atoms with van der Waals surface area (Å²) in [5.74, 6) is 0.948. The fourth-order valence-corrected chi connectivity index (χ4v) is 2.31. The molecular weight excluding hydrogens is 349 g/mol. The number of ether oxygens (including phenoxy) is 1. The van der Waals surface area contributed by atoms with E-state index in [0.29, 0.717) is 0 Å². The molecule has 0 fully saturated rings. The highest BCUT2D eigenvalue weighted by atomic mass is 127. The van der Waals surface area contributed by atoms with Crippen molar-refractivity contribution >= 4 is 28.3 Å². The smallest absolute Gasteiger partial charge is 0.119 e. The minimum Gasteiger partial charge on any atom is -0.494 e. The molecule has 3 heteroatoms. The summed E-state index contributed by atoms with van der Waals surface area (Å²) in [6.07, 6.45) is 1.03. The van der Waals surface area contributed by atoms with Gasteiger partial charge in [-0.2, -0.15) is 0 Å². The lowest BCUT2D eigenvalue weighted by molar-refractivity contribution is 0.317. The van der Waals surface area contributed by atoms with E-state index in [4.69, 9.17) is 4.74 Å². The van der Waals surface area contributed by atoms with Crippen molar-refractivity contribution in [3.8, 4) is 5.75 Å². The second-order valence-corrected chi connectivity index (χ2v) is 5.61. The van der Waals surface area contributed by atoms with Crippen molar-refractivity contribution in [2.75, 3.05) is 11.9 Å². The molecule has 2 rings (SSSR count). The molecule has 0 radical (unpaired) electrons. The van der Waals surface area contributed by atoms with Crippen LogP contribution in [0.5, 0.6) is 5.75 Å². The molecule has 0 aliphatic carbocycles. The van der Waals surface area contributed by atoms with E-state index < -0.39 is 0 Å². The normalized spacial score (nSPS) is 10.2. The maximum absolute atomic E-state index is 5.64. The molecule has 0 spiro atoms. The van der Waals surface area contributed by atoms with Crippen molar-refractivity contribution in [3.63, 3.8) is 0 Å². The van der Waals surface area contributed by atoms with Gasteiger partial charge in [-0.3, -0.25) is 0 Å². The largest absolute Gasteiger partial charge is 0.494 e. The SMILES string of the molecule is CCCOc1cccc(CNc2cccc(I)c2)c1. The van der Waals surface area contributed by atoms with Crippen LogP contribution < -0.4 is 10.1 Å². The Labute approximate surface area is 128 Å². The highest BCUT2D eigenvalue weighted by molar-refractivity contribution is 14.1. The van der Waals surface area contributed by atoms with Gasteiger partial charge in [-0.25, -0.2) is 0 Å². The zero-order valence-electron chi connectivity index (χ0n) is 11.0. The second kappa shape index (κ2) is 7.38. The van der Waals surface area contributed by atoms with Gasteiger partial charge in [0.1, 0.15) is 5.75 Å². The number of nitrogens with one attached hydrogen (secondary N) is 1. The summed E-state index contributed by atoms with van der Waals surface area (Å²) in [6, 6.07) is 16.6. The van der Waals surface area contributed by atoms with E-state index in [1.54, 1.807) is 0 Å². The van der Waals surface area contributed by atoms with Gasteiger partial charge in [0.05, 0.1) is 6.61 Å². The van der Waals surface area contributed by atoms with E-state index in [2.05, 4.69) is 71.2 Å². The van der Waals surface area contributed by atoms with Crippen molar-refractivity contribution in [2.24, 2.45) is 0 Å². The molecule has 0 aliphatic heterocycles. The molecule has 19 heavy (non-hydrogen) atoms. The van der Waals surface area contributed by atoms with Gasteiger partial charge in [0.25, 0.3) is 0 Å². The molecule has 0 saturated heterocycles. The molecule has 0 aliphatic rings. The summed E-state index contributed by atoms with van der Waals surface area (Å²) < 4.78 is 6.88. The van der Waals surface area contributed by atoms with Gasteiger partial charge >= 0.3 is 0 Å². The zero-order chi connectivity index (χ0) is 13.5. The van der Waals surface area contributed by atoms with Crippen LogP contribution in [-0.2, 0) is 6.54 Å². The molecule has 2 aromatic rings. The predicted octanol–water partition coefficient (Wildman–Crippen LogP) is 4.69. The molecule has 2 aromatic carbocycles. The number of benzene rings is 2. The third-order valence-electron chi connectivity index (χ3n) is 2.69. The zero-order valence-corrected chi connectivity index (χ0v) is 13.2.